The lowest BCUT2D eigenvalue weighted by molar-refractivity contribution is -0.124. The Balaban J connectivity index is 2.70. The molecule has 0 bridgehead atoms. The van der Waals surface area contributed by atoms with Crippen molar-refractivity contribution in [1.82, 2.24) is 5.32 Å². The Morgan fingerprint density at radius 2 is 2.19 bits per heavy atom. The molecule has 0 saturated heterocycles. The highest BCUT2D eigenvalue weighted by atomic mass is 19.1. The number of nitrogens with one attached hydrogen (secondary N) is 1. The van der Waals surface area contributed by atoms with Crippen LogP contribution in [0.1, 0.15) is 12.5 Å². The minimum atomic E-state index is -0.364. The number of carbonyl (C=O) groups excluding carboxylic acids is 1. The van der Waals surface area contributed by atoms with Crippen molar-refractivity contribution < 1.29 is 9.18 Å². The van der Waals surface area contributed by atoms with Crippen LogP contribution >= 0.6 is 0 Å². The molecule has 1 aromatic rings. The monoisotopic (exact) mass is 224 g/mol. The summed E-state index contributed by atoms with van der Waals surface area (Å²) >= 11 is 0. The van der Waals surface area contributed by atoms with Crippen LogP contribution in [0, 0.1) is 11.7 Å². The summed E-state index contributed by atoms with van der Waals surface area (Å²) in [6.07, 6.45) is 0.342. The zero-order valence-corrected chi connectivity index (χ0v) is 9.37. The molecule has 1 rings (SSSR count). The summed E-state index contributed by atoms with van der Waals surface area (Å²) in [7, 11) is 0. The van der Waals surface area contributed by atoms with Gasteiger partial charge in [-0.3, -0.25) is 4.79 Å². The van der Waals surface area contributed by atoms with Crippen LogP contribution in [0.15, 0.2) is 24.3 Å². The summed E-state index contributed by atoms with van der Waals surface area (Å²) in [6, 6.07) is 6.45. The van der Waals surface area contributed by atoms with Gasteiger partial charge in [0.25, 0.3) is 0 Å². The third-order valence-electron chi connectivity index (χ3n) is 2.43. The second-order valence-corrected chi connectivity index (χ2v) is 3.62. The zero-order chi connectivity index (χ0) is 12.0. The summed E-state index contributed by atoms with van der Waals surface area (Å²) in [6.45, 7) is 2.63. The first-order valence-electron chi connectivity index (χ1n) is 5.40. The Hall–Kier alpha value is -1.42. The molecule has 1 amide bonds. The van der Waals surface area contributed by atoms with Crippen molar-refractivity contribution in [3.8, 4) is 0 Å². The first kappa shape index (κ1) is 12.6. The molecule has 0 heterocycles. The molecule has 0 saturated carbocycles. The maximum absolute atomic E-state index is 13.4. The third kappa shape index (κ3) is 3.31. The van der Waals surface area contributed by atoms with Crippen molar-refractivity contribution in [2.24, 2.45) is 11.7 Å². The van der Waals surface area contributed by atoms with Crippen LogP contribution in [-0.4, -0.2) is 19.0 Å². The summed E-state index contributed by atoms with van der Waals surface area (Å²) in [5.41, 5.74) is 6.05. The van der Waals surface area contributed by atoms with Crippen LogP contribution in [0.4, 0.5) is 4.39 Å². The van der Waals surface area contributed by atoms with Crippen LogP contribution < -0.4 is 11.1 Å². The molecule has 4 heteroatoms. The van der Waals surface area contributed by atoms with E-state index in [1.807, 2.05) is 6.92 Å². The standard InChI is InChI=1S/C12H17FN2O/c1-2-15-12(16)10(8-14)7-9-5-3-4-6-11(9)13/h3-6,10H,2,7-8,14H2,1H3,(H,15,16). The quantitative estimate of drug-likeness (QED) is 0.786. The van der Waals surface area contributed by atoms with Crippen LogP contribution in [0.3, 0.4) is 0 Å². The van der Waals surface area contributed by atoms with Gasteiger partial charge in [0.1, 0.15) is 5.82 Å². The van der Waals surface area contributed by atoms with Crippen molar-refractivity contribution in [3.63, 3.8) is 0 Å². The number of halogens is 1. The van der Waals surface area contributed by atoms with E-state index in [0.29, 0.717) is 18.5 Å². The Morgan fingerprint density at radius 3 is 2.75 bits per heavy atom. The van der Waals surface area contributed by atoms with Crippen molar-refractivity contribution in [2.45, 2.75) is 13.3 Å². The Kier molecular flexibility index (Phi) is 4.92. The number of hydrogen-bond donors (Lipinski definition) is 2. The summed E-state index contributed by atoms with van der Waals surface area (Å²) in [5.74, 6) is -0.768. The van der Waals surface area contributed by atoms with Gasteiger partial charge in [-0.2, -0.15) is 0 Å². The van der Waals surface area contributed by atoms with Gasteiger partial charge >= 0.3 is 0 Å². The van der Waals surface area contributed by atoms with Crippen molar-refractivity contribution in [3.05, 3.63) is 35.6 Å². The highest BCUT2D eigenvalue weighted by molar-refractivity contribution is 5.79. The Morgan fingerprint density at radius 1 is 1.50 bits per heavy atom. The number of carbonyl (C=O) groups is 1. The van der Waals surface area contributed by atoms with E-state index in [1.165, 1.54) is 6.07 Å². The van der Waals surface area contributed by atoms with E-state index >= 15 is 0 Å². The van der Waals surface area contributed by atoms with E-state index < -0.39 is 0 Å². The SMILES string of the molecule is CCNC(=O)C(CN)Cc1ccccc1F. The van der Waals surface area contributed by atoms with Gasteiger partial charge in [-0.1, -0.05) is 18.2 Å². The van der Waals surface area contributed by atoms with Crippen molar-refractivity contribution in [2.75, 3.05) is 13.1 Å². The van der Waals surface area contributed by atoms with Gasteiger partial charge in [-0.15, -0.1) is 0 Å². The van der Waals surface area contributed by atoms with Gasteiger partial charge in [0.05, 0.1) is 5.92 Å². The molecule has 0 spiro atoms. The lowest BCUT2D eigenvalue weighted by atomic mass is 9.98. The second kappa shape index (κ2) is 6.23. The molecule has 3 nitrogen and oxygen atoms in total. The summed E-state index contributed by atoms with van der Waals surface area (Å²) in [5, 5.41) is 2.69. The van der Waals surface area contributed by atoms with Gasteiger partial charge in [-0.25, -0.2) is 4.39 Å². The molecule has 1 atom stereocenters. The fourth-order valence-electron chi connectivity index (χ4n) is 1.53. The molecule has 1 aromatic carbocycles. The fraction of sp³-hybridized carbons (Fsp3) is 0.417. The van der Waals surface area contributed by atoms with Gasteiger partial charge < -0.3 is 11.1 Å². The summed E-state index contributed by atoms with van der Waals surface area (Å²) < 4.78 is 13.4. The molecule has 0 aliphatic rings. The number of rotatable bonds is 5. The maximum Gasteiger partial charge on any atom is 0.224 e. The van der Waals surface area contributed by atoms with Crippen molar-refractivity contribution >= 4 is 5.91 Å². The van der Waals surface area contributed by atoms with E-state index in [1.54, 1.807) is 18.2 Å². The predicted molar refractivity (Wildman–Crippen MR) is 61.3 cm³/mol. The number of nitrogens with two attached hydrogens (primary N) is 1. The second-order valence-electron chi connectivity index (χ2n) is 3.62. The van der Waals surface area contributed by atoms with E-state index in [0.717, 1.165) is 0 Å². The normalized spacial score (nSPS) is 12.2. The number of amides is 1. The van der Waals surface area contributed by atoms with E-state index in [9.17, 15) is 9.18 Å². The molecule has 3 N–H and O–H groups in total. The van der Waals surface area contributed by atoms with E-state index in [-0.39, 0.29) is 24.2 Å². The highest BCUT2D eigenvalue weighted by Crippen LogP contribution is 2.12. The average molecular weight is 224 g/mol. The Labute approximate surface area is 94.8 Å². The Bertz CT molecular complexity index is 355. The molecule has 0 radical (unpaired) electrons. The zero-order valence-electron chi connectivity index (χ0n) is 9.37. The number of hydrogen-bond acceptors (Lipinski definition) is 2. The van der Waals surface area contributed by atoms with Crippen LogP contribution in [-0.2, 0) is 11.2 Å². The lowest BCUT2D eigenvalue weighted by Crippen LogP contribution is -2.36. The maximum atomic E-state index is 13.4. The molecule has 1 unspecified atom stereocenters. The van der Waals surface area contributed by atoms with Gasteiger partial charge in [0, 0.05) is 13.1 Å². The minimum absolute atomic E-state index is 0.117. The largest absolute Gasteiger partial charge is 0.356 e. The van der Waals surface area contributed by atoms with Gasteiger partial charge in [0.15, 0.2) is 0 Å². The first-order valence-corrected chi connectivity index (χ1v) is 5.40. The molecular weight excluding hydrogens is 207 g/mol. The molecule has 16 heavy (non-hydrogen) atoms. The molecule has 0 aromatic heterocycles. The smallest absolute Gasteiger partial charge is 0.224 e. The molecular formula is C12H17FN2O. The first-order chi connectivity index (χ1) is 7.69. The van der Waals surface area contributed by atoms with Crippen molar-refractivity contribution in [1.29, 1.82) is 0 Å². The molecule has 0 fully saturated rings. The van der Waals surface area contributed by atoms with Gasteiger partial charge in [0.2, 0.25) is 5.91 Å². The topological polar surface area (TPSA) is 55.1 Å². The third-order valence-corrected chi connectivity index (χ3v) is 2.43. The highest BCUT2D eigenvalue weighted by Gasteiger charge is 2.17. The molecule has 88 valence electrons. The molecule has 0 aliphatic heterocycles. The average Bonchev–Trinajstić information content (AvgIpc) is 2.28. The minimum Gasteiger partial charge on any atom is -0.356 e. The fourth-order valence-corrected chi connectivity index (χ4v) is 1.53. The van der Waals surface area contributed by atoms with Crippen LogP contribution in [0.5, 0.6) is 0 Å². The van der Waals surface area contributed by atoms with Crippen LogP contribution in [0.25, 0.3) is 0 Å². The summed E-state index contributed by atoms with van der Waals surface area (Å²) in [4.78, 5) is 11.6. The predicted octanol–water partition coefficient (Wildman–Crippen LogP) is 1.08. The lowest BCUT2D eigenvalue weighted by Gasteiger charge is -2.14. The van der Waals surface area contributed by atoms with E-state index in [4.69, 9.17) is 5.73 Å². The van der Waals surface area contributed by atoms with Gasteiger partial charge in [-0.05, 0) is 25.0 Å². The van der Waals surface area contributed by atoms with Crippen LogP contribution in [0.2, 0.25) is 0 Å². The molecule has 0 aliphatic carbocycles. The van der Waals surface area contributed by atoms with E-state index in [2.05, 4.69) is 5.32 Å². The number of benzene rings is 1.